The average molecular weight is 326 g/mol. The van der Waals surface area contributed by atoms with Gasteiger partial charge in [0.2, 0.25) is 0 Å². The second-order valence-electron chi connectivity index (χ2n) is 5.34. The van der Waals surface area contributed by atoms with Gasteiger partial charge >= 0.3 is 0 Å². The number of rotatable bonds is 4. The van der Waals surface area contributed by atoms with E-state index in [-0.39, 0.29) is 5.84 Å². The summed E-state index contributed by atoms with van der Waals surface area (Å²) in [7, 11) is 1.94. The first-order chi connectivity index (χ1) is 8.93. The Hall–Kier alpha value is -1.07. The van der Waals surface area contributed by atoms with E-state index in [9.17, 15) is 5.11 Å². The third kappa shape index (κ3) is 3.09. The summed E-state index contributed by atoms with van der Waals surface area (Å²) >= 11 is 3.43. The van der Waals surface area contributed by atoms with E-state index in [0.29, 0.717) is 12.1 Å². The van der Waals surface area contributed by atoms with Gasteiger partial charge < -0.3 is 15.7 Å². The Morgan fingerprint density at radius 2 is 2.11 bits per heavy atom. The Morgan fingerprint density at radius 3 is 2.68 bits per heavy atom. The van der Waals surface area contributed by atoms with Crippen molar-refractivity contribution in [1.82, 2.24) is 0 Å². The number of nitrogens with one attached hydrogen (secondary N) is 1. The Morgan fingerprint density at radius 1 is 1.47 bits per heavy atom. The molecule has 1 fully saturated rings. The molecule has 0 unspecified atom stereocenters. The molecule has 1 aromatic carbocycles. The molecule has 0 saturated heterocycles. The lowest BCUT2D eigenvalue weighted by atomic mass is 10.0. The second-order valence-corrected chi connectivity index (χ2v) is 6.19. The standard InChI is InChI=1S/C14H20BrN3O/c1-18(9-14(19)7-2-3-8-14)11-6-4-5-10(15)12(11)13(16)17/h4-6,19H,2-3,7-9H2,1H3,(H3,16,17). The average Bonchev–Trinajstić information content (AvgIpc) is 2.74. The van der Waals surface area contributed by atoms with E-state index < -0.39 is 5.60 Å². The molecule has 0 aromatic heterocycles. The van der Waals surface area contributed by atoms with Crippen molar-refractivity contribution in [2.75, 3.05) is 18.5 Å². The number of aliphatic hydroxyl groups is 1. The molecular weight excluding hydrogens is 306 g/mol. The number of benzene rings is 1. The summed E-state index contributed by atoms with van der Waals surface area (Å²) in [4.78, 5) is 1.99. The summed E-state index contributed by atoms with van der Waals surface area (Å²) in [5.74, 6) is 0.0349. The highest BCUT2D eigenvalue weighted by Crippen LogP contribution is 2.33. The molecule has 0 bridgehead atoms. The Labute approximate surface area is 122 Å². The molecule has 1 saturated carbocycles. The molecule has 4 nitrogen and oxygen atoms in total. The van der Waals surface area contributed by atoms with Gasteiger partial charge in [-0.1, -0.05) is 18.9 Å². The van der Waals surface area contributed by atoms with E-state index >= 15 is 0 Å². The van der Waals surface area contributed by atoms with Crippen molar-refractivity contribution in [2.45, 2.75) is 31.3 Å². The van der Waals surface area contributed by atoms with Crippen molar-refractivity contribution >= 4 is 27.5 Å². The molecule has 0 atom stereocenters. The molecule has 1 aliphatic rings. The van der Waals surface area contributed by atoms with Gasteiger partial charge in [-0.3, -0.25) is 5.41 Å². The SMILES string of the molecule is CN(CC1(O)CCCC1)c1cccc(Br)c1C(=N)N. The van der Waals surface area contributed by atoms with Gasteiger partial charge in [-0.15, -0.1) is 0 Å². The van der Waals surface area contributed by atoms with E-state index in [0.717, 1.165) is 35.8 Å². The number of hydrogen-bond donors (Lipinski definition) is 3. The topological polar surface area (TPSA) is 73.3 Å². The molecule has 19 heavy (non-hydrogen) atoms. The van der Waals surface area contributed by atoms with Crippen LogP contribution in [0.5, 0.6) is 0 Å². The van der Waals surface area contributed by atoms with E-state index in [1.54, 1.807) is 0 Å². The molecule has 4 N–H and O–H groups in total. The van der Waals surface area contributed by atoms with Gasteiger partial charge in [-0.25, -0.2) is 0 Å². The van der Waals surface area contributed by atoms with Crippen LogP contribution in [0.15, 0.2) is 22.7 Å². The van der Waals surface area contributed by atoms with E-state index in [1.807, 2.05) is 30.1 Å². The molecule has 0 aliphatic heterocycles. The summed E-state index contributed by atoms with van der Waals surface area (Å²) in [5.41, 5.74) is 6.62. The lowest BCUT2D eigenvalue weighted by Gasteiger charge is -2.31. The van der Waals surface area contributed by atoms with Crippen LogP contribution in [0.4, 0.5) is 5.69 Å². The van der Waals surface area contributed by atoms with Crippen LogP contribution in [0.25, 0.3) is 0 Å². The predicted molar refractivity (Wildman–Crippen MR) is 81.8 cm³/mol. The van der Waals surface area contributed by atoms with E-state index in [1.165, 1.54) is 0 Å². The molecule has 0 heterocycles. The number of halogens is 1. The zero-order valence-electron chi connectivity index (χ0n) is 11.1. The van der Waals surface area contributed by atoms with Gasteiger partial charge in [0, 0.05) is 23.8 Å². The van der Waals surface area contributed by atoms with Crippen LogP contribution < -0.4 is 10.6 Å². The van der Waals surface area contributed by atoms with E-state index in [4.69, 9.17) is 11.1 Å². The molecule has 0 amide bonds. The molecule has 0 radical (unpaired) electrons. The van der Waals surface area contributed by atoms with Crippen molar-refractivity contribution < 1.29 is 5.11 Å². The van der Waals surface area contributed by atoms with Crippen LogP contribution in [0, 0.1) is 5.41 Å². The van der Waals surface area contributed by atoms with Crippen LogP contribution in [-0.4, -0.2) is 30.1 Å². The van der Waals surface area contributed by atoms with Gasteiger partial charge in [0.05, 0.1) is 11.2 Å². The Kier molecular flexibility index (Phi) is 4.16. The van der Waals surface area contributed by atoms with Crippen molar-refractivity contribution in [2.24, 2.45) is 5.73 Å². The minimum absolute atomic E-state index is 0.0349. The number of hydrogen-bond acceptors (Lipinski definition) is 3. The normalized spacial score (nSPS) is 17.4. The fourth-order valence-corrected chi connectivity index (χ4v) is 3.38. The highest BCUT2D eigenvalue weighted by Gasteiger charge is 2.32. The molecule has 0 spiro atoms. The predicted octanol–water partition coefficient (Wildman–Crippen LogP) is 2.47. The van der Waals surface area contributed by atoms with Gasteiger partial charge in [0.15, 0.2) is 0 Å². The third-order valence-electron chi connectivity index (χ3n) is 3.74. The number of nitrogens with two attached hydrogens (primary N) is 1. The smallest absolute Gasteiger partial charge is 0.126 e. The van der Waals surface area contributed by atoms with Crippen LogP contribution in [0.3, 0.4) is 0 Å². The van der Waals surface area contributed by atoms with Crippen LogP contribution >= 0.6 is 15.9 Å². The van der Waals surface area contributed by atoms with Crippen LogP contribution in [0.1, 0.15) is 31.2 Å². The van der Waals surface area contributed by atoms with Crippen molar-refractivity contribution in [3.8, 4) is 0 Å². The number of anilines is 1. The van der Waals surface area contributed by atoms with Gasteiger partial charge in [-0.2, -0.15) is 0 Å². The molecule has 2 rings (SSSR count). The van der Waals surface area contributed by atoms with Crippen molar-refractivity contribution in [3.63, 3.8) is 0 Å². The number of amidine groups is 1. The molecular formula is C14H20BrN3O. The minimum Gasteiger partial charge on any atom is -0.388 e. The summed E-state index contributed by atoms with van der Waals surface area (Å²) in [5, 5.41) is 18.2. The highest BCUT2D eigenvalue weighted by molar-refractivity contribution is 9.10. The minimum atomic E-state index is -0.606. The first kappa shape index (κ1) is 14.3. The summed E-state index contributed by atoms with van der Waals surface area (Å²) < 4.78 is 0.808. The lowest BCUT2D eigenvalue weighted by Crippen LogP contribution is -2.40. The second kappa shape index (κ2) is 5.51. The number of nitrogens with zero attached hydrogens (tertiary/aromatic N) is 1. The molecule has 1 aromatic rings. The zero-order chi connectivity index (χ0) is 14.0. The maximum absolute atomic E-state index is 10.5. The van der Waals surface area contributed by atoms with Gasteiger partial charge in [-0.05, 0) is 40.9 Å². The third-order valence-corrected chi connectivity index (χ3v) is 4.40. The zero-order valence-corrected chi connectivity index (χ0v) is 12.7. The van der Waals surface area contributed by atoms with Gasteiger partial charge in [0.1, 0.15) is 5.84 Å². The fraction of sp³-hybridized carbons (Fsp3) is 0.500. The summed E-state index contributed by atoms with van der Waals surface area (Å²) in [6.07, 6.45) is 3.87. The molecule has 1 aliphatic carbocycles. The molecule has 104 valence electrons. The Balaban J connectivity index is 2.26. The fourth-order valence-electron chi connectivity index (χ4n) is 2.82. The monoisotopic (exact) mass is 325 g/mol. The molecule has 5 heteroatoms. The van der Waals surface area contributed by atoms with Crippen molar-refractivity contribution in [1.29, 1.82) is 5.41 Å². The first-order valence-corrected chi connectivity index (χ1v) is 7.29. The van der Waals surface area contributed by atoms with Crippen molar-refractivity contribution in [3.05, 3.63) is 28.2 Å². The summed E-state index contributed by atoms with van der Waals surface area (Å²) in [6, 6.07) is 5.72. The maximum Gasteiger partial charge on any atom is 0.126 e. The maximum atomic E-state index is 10.5. The van der Waals surface area contributed by atoms with E-state index in [2.05, 4.69) is 15.9 Å². The van der Waals surface area contributed by atoms with Gasteiger partial charge in [0.25, 0.3) is 0 Å². The number of nitrogen functional groups attached to an aromatic ring is 1. The summed E-state index contributed by atoms with van der Waals surface area (Å²) in [6.45, 7) is 0.573. The largest absolute Gasteiger partial charge is 0.388 e. The quantitative estimate of drug-likeness (QED) is 0.588. The first-order valence-electron chi connectivity index (χ1n) is 6.49. The van der Waals surface area contributed by atoms with Crippen LogP contribution in [0.2, 0.25) is 0 Å². The van der Waals surface area contributed by atoms with Crippen LogP contribution in [-0.2, 0) is 0 Å². The number of likely N-dealkylation sites (N-methyl/N-ethyl adjacent to an activating group) is 1. The Bertz CT molecular complexity index is 484. The lowest BCUT2D eigenvalue weighted by molar-refractivity contribution is 0.0559. The highest BCUT2D eigenvalue weighted by atomic mass is 79.9.